The van der Waals surface area contributed by atoms with E-state index in [1.165, 1.54) is 11.8 Å². The van der Waals surface area contributed by atoms with Gasteiger partial charge in [0.2, 0.25) is 5.91 Å². The molecular weight excluding hydrogens is 258 g/mol. The Labute approximate surface area is 108 Å². The summed E-state index contributed by atoms with van der Waals surface area (Å²) in [6, 6.07) is 3.95. The van der Waals surface area contributed by atoms with Crippen LogP contribution < -0.4 is 5.32 Å². The van der Waals surface area contributed by atoms with Crippen LogP contribution in [-0.2, 0) is 9.53 Å². The van der Waals surface area contributed by atoms with Gasteiger partial charge in [-0.25, -0.2) is 0 Å². The lowest BCUT2D eigenvalue weighted by atomic mass is 10.0. The molecule has 1 aromatic rings. The molecule has 1 saturated heterocycles. The highest BCUT2D eigenvalue weighted by atomic mass is 32.2. The Morgan fingerprint density at radius 1 is 1.71 bits per heavy atom. The van der Waals surface area contributed by atoms with Crippen molar-refractivity contribution >= 4 is 29.0 Å². The molecule has 0 bridgehead atoms. The minimum absolute atomic E-state index is 0.0521. The molecule has 94 valence electrons. The van der Waals surface area contributed by atoms with Crippen molar-refractivity contribution in [2.75, 3.05) is 25.5 Å². The van der Waals surface area contributed by atoms with Gasteiger partial charge in [-0.05, 0) is 11.4 Å². The fraction of sp³-hybridized carbons (Fsp3) is 0.545. The van der Waals surface area contributed by atoms with Crippen LogP contribution in [0.3, 0.4) is 0 Å². The highest BCUT2D eigenvalue weighted by Gasteiger charge is 2.32. The van der Waals surface area contributed by atoms with E-state index in [0.717, 1.165) is 4.21 Å². The Morgan fingerprint density at radius 2 is 2.59 bits per heavy atom. The van der Waals surface area contributed by atoms with Crippen LogP contribution in [0.4, 0.5) is 0 Å². The Kier molecular flexibility index (Phi) is 4.44. The second-order valence-electron chi connectivity index (χ2n) is 4.02. The van der Waals surface area contributed by atoms with Gasteiger partial charge in [-0.2, -0.15) is 0 Å². The third kappa shape index (κ3) is 3.99. The summed E-state index contributed by atoms with van der Waals surface area (Å²) in [5, 5.41) is 14.7. The van der Waals surface area contributed by atoms with Crippen molar-refractivity contribution in [3.05, 3.63) is 17.5 Å². The van der Waals surface area contributed by atoms with Gasteiger partial charge in [0.1, 0.15) is 5.60 Å². The Balaban J connectivity index is 1.67. The molecule has 0 aliphatic carbocycles. The van der Waals surface area contributed by atoms with Crippen molar-refractivity contribution in [3.8, 4) is 0 Å². The van der Waals surface area contributed by atoms with E-state index < -0.39 is 5.60 Å². The smallest absolute Gasteiger partial charge is 0.230 e. The lowest BCUT2D eigenvalue weighted by Gasteiger charge is -2.20. The minimum atomic E-state index is -0.872. The number of thiophene rings is 1. The Bertz CT molecular complexity index is 361. The normalized spacial score (nSPS) is 23.8. The molecule has 2 heterocycles. The lowest BCUT2D eigenvalue weighted by Crippen LogP contribution is -2.43. The van der Waals surface area contributed by atoms with E-state index in [1.54, 1.807) is 11.3 Å². The van der Waals surface area contributed by atoms with Crippen LogP contribution in [0.25, 0.3) is 0 Å². The maximum atomic E-state index is 11.6. The molecule has 1 unspecified atom stereocenters. The Morgan fingerprint density at radius 3 is 3.24 bits per heavy atom. The van der Waals surface area contributed by atoms with Crippen LogP contribution in [0.5, 0.6) is 0 Å². The van der Waals surface area contributed by atoms with Crippen LogP contribution in [-0.4, -0.2) is 42.1 Å². The molecule has 1 amide bonds. The summed E-state index contributed by atoms with van der Waals surface area (Å²) in [5.74, 6) is 0.334. The van der Waals surface area contributed by atoms with Gasteiger partial charge in [0.25, 0.3) is 0 Å². The molecule has 0 aromatic carbocycles. The summed E-state index contributed by atoms with van der Waals surface area (Å²) in [6.07, 6.45) is 0.589. The number of ether oxygens (including phenoxy) is 1. The van der Waals surface area contributed by atoms with Gasteiger partial charge in [0.15, 0.2) is 0 Å². The fourth-order valence-corrected chi connectivity index (χ4v) is 3.15. The van der Waals surface area contributed by atoms with E-state index in [1.807, 2.05) is 17.5 Å². The number of hydrogen-bond acceptors (Lipinski definition) is 5. The van der Waals surface area contributed by atoms with E-state index >= 15 is 0 Å². The molecule has 1 fully saturated rings. The van der Waals surface area contributed by atoms with Gasteiger partial charge < -0.3 is 15.2 Å². The van der Waals surface area contributed by atoms with Crippen molar-refractivity contribution in [2.24, 2.45) is 0 Å². The maximum absolute atomic E-state index is 11.6. The molecule has 6 heteroatoms. The summed E-state index contributed by atoms with van der Waals surface area (Å²) >= 11 is 3.13. The number of carbonyl (C=O) groups is 1. The molecule has 0 saturated carbocycles. The van der Waals surface area contributed by atoms with Gasteiger partial charge in [0, 0.05) is 19.6 Å². The van der Waals surface area contributed by atoms with Crippen molar-refractivity contribution in [1.29, 1.82) is 0 Å². The van der Waals surface area contributed by atoms with Gasteiger partial charge in [-0.1, -0.05) is 6.07 Å². The zero-order chi connectivity index (χ0) is 12.1. The summed E-state index contributed by atoms with van der Waals surface area (Å²) in [5.41, 5.74) is -0.872. The van der Waals surface area contributed by atoms with Gasteiger partial charge in [-0.15, -0.1) is 23.1 Å². The molecule has 17 heavy (non-hydrogen) atoms. The van der Waals surface area contributed by atoms with E-state index in [4.69, 9.17) is 4.74 Å². The summed E-state index contributed by atoms with van der Waals surface area (Å²) in [7, 11) is 0. The first kappa shape index (κ1) is 12.9. The number of amides is 1. The van der Waals surface area contributed by atoms with Gasteiger partial charge >= 0.3 is 0 Å². The molecule has 0 radical (unpaired) electrons. The zero-order valence-corrected chi connectivity index (χ0v) is 11.0. The third-order valence-corrected chi connectivity index (χ3v) is 4.67. The molecule has 4 nitrogen and oxygen atoms in total. The number of aliphatic hydroxyl groups is 1. The number of thioether (sulfide) groups is 1. The van der Waals surface area contributed by atoms with Crippen LogP contribution in [0.2, 0.25) is 0 Å². The Hall–Kier alpha value is -0.560. The van der Waals surface area contributed by atoms with E-state index in [2.05, 4.69) is 5.32 Å². The van der Waals surface area contributed by atoms with E-state index in [-0.39, 0.29) is 12.5 Å². The summed E-state index contributed by atoms with van der Waals surface area (Å²) in [4.78, 5) is 11.6. The molecule has 1 aromatic heterocycles. The quantitative estimate of drug-likeness (QED) is 0.789. The standard InChI is InChI=1S/C11H15NO3S2/c13-9(6-17-10-2-1-5-16-10)12-7-11(14)3-4-15-8-11/h1-2,5,14H,3-4,6-8H2,(H,12,13). The highest BCUT2D eigenvalue weighted by Crippen LogP contribution is 2.23. The minimum Gasteiger partial charge on any atom is -0.386 e. The average Bonchev–Trinajstić information content (AvgIpc) is 2.95. The molecule has 1 atom stereocenters. The number of hydrogen-bond donors (Lipinski definition) is 2. The molecule has 2 rings (SSSR count). The molecule has 0 spiro atoms. The topological polar surface area (TPSA) is 58.6 Å². The molecule has 1 aliphatic rings. The van der Waals surface area contributed by atoms with Crippen LogP contribution in [0, 0.1) is 0 Å². The predicted molar refractivity (Wildman–Crippen MR) is 68.4 cm³/mol. The number of nitrogens with one attached hydrogen (secondary N) is 1. The SMILES string of the molecule is O=C(CSc1cccs1)NCC1(O)CCOC1. The van der Waals surface area contributed by atoms with E-state index in [9.17, 15) is 9.90 Å². The molecular formula is C11H15NO3S2. The van der Waals surface area contributed by atoms with Crippen LogP contribution >= 0.6 is 23.1 Å². The average molecular weight is 273 g/mol. The van der Waals surface area contributed by atoms with Crippen molar-refractivity contribution in [3.63, 3.8) is 0 Å². The fourth-order valence-electron chi connectivity index (χ4n) is 1.53. The van der Waals surface area contributed by atoms with Gasteiger partial charge in [0.05, 0.1) is 16.6 Å². The third-order valence-electron chi connectivity index (χ3n) is 2.54. The predicted octanol–water partition coefficient (Wildman–Crippen LogP) is 1.11. The van der Waals surface area contributed by atoms with Gasteiger partial charge in [-0.3, -0.25) is 4.79 Å². The summed E-state index contributed by atoms with van der Waals surface area (Å²) < 4.78 is 6.23. The second kappa shape index (κ2) is 5.86. The molecule has 2 N–H and O–H groups in total. The molecule has 1 aliphatic heterocycles. The van der Waals surface area contributed by atoms with Crippen molar-refractivity contribution in [1.82, 2.24) is 5.32 Å². The number of carbonyl (C=O) groups excluding carboxylic acids is 1. The zero-order valence-electron chi connectivity index (χ0n) is 9.35. The lowest BCUT2D eigenvalue weighted by molar-refractivity contribution is -0.119. The van der Waals surface area contributed by atoms with Crippen LogP contribution in [0.15, 0.2) is 21.7 Å². The van der Waals surface area contributed by atoms with Crippen LogP contribution in [0.1, 0.15) is 6.42 Å². The van der Waals surface area contributed by atoms with Crippen molar-refractivity contribution in [2.45, 2.75) is 16.2 Å². The highest BCUT2D eigenvalue weighted by molar-refractivity contribution is 8.01. The van der Waals surface area contributed by atoms with Crippen molar-refractivity contribution < 1.29 is 14.6 Å². The second-order valence-corrected chi connectivity index (χ2v) is 6.25. The largest absolute Gasteiger partial charge is 0.386 e. The maximum Gasteiger partial charge on any atom is 0.230 e. The number of rotatable bonds is 5. The monoisotopic (exact) mass is 273 g/mol. The first-order valence-corrected chi connectivity index (χ1v) is 7.28. The van der Waals surface area contributed by atoms with E-state index in [0.29, 0.717) is 25.4 Å². The first-order chi connectivity index (χ1) is 8.18. The summed E-state index contributed by atoms with van der Waals surface area (Å²) in [6.45, 7) is 1.15. The first-order valence-electron chi connectivity index (χ1n) is 5.41.